The zero-order chi connectivity index (χ0) is 18.6. The lowest BCUT2D eigenvalue weighted by Crippen LogP contribution is -2.22. The Morgan fingerprint density at radius 2 is 2.00 bits per heavy atom. The van der Waals surface area contributed by atoms with Crippen molar-refractivity contribution >= 4 is 27.9 Å². The molecule has 1 heterocycles. The van der Waals surface area contributed by atoms with Crippen LogP contribution in [-0.4, -0.2) is 36.2 Å². The van der Waals surface area contributed by atoms with Gasteiger partial charge in [0.25, 0.3) is 5.56 Å². The van der Waals surface area contributed by atoms with Crippen molar-refractivity contribution < 1.29 is 24.2 Å². The van der Waals surface area contributed by atoms with Crippen molar-refractivity contribution in [1.29, 1.82) is 0 Å². The number of hydrogen-bond acceptors (Lipinski definition) is 6. The number of aromatic amines is 1. The molecule has 2 rings (SSSR count). The number of pyridine rings is 1. The molecule has 0 radical (unpaired) electrons. The van der Waals surface area contributed by atoms with Gasteiger partial charge in [0.1, 0.15) is 11.3 Å². The van der Waals surface area contributed by atoms with E-state index in [0.717, 1.165) is 17.8 Å². The first-order valence-electron chi connectivity index (χ1n) is 7.24. The van der Waals surface area contributed by atoms with Crippen LogP contribution in [0.3, 0.4) is 0 Å². The van der Waals surface area contributed by atoms with E-state index in [1.165, 1.54) is 7.11 Å². The van der Waals surface area contributed by atoms with Gasteiger partial charge in [-0.15, -0.1) is 0 Å². The van der Waals surface area contributed by atoms with Crippen molar-refractivity contribution in [3.8, 4) is 5.75 Å². The summed E-state index contributed by atoms with van der Waals surface area (Å²) in [4.78, 5) is 38.4. The van der Waals surface area contributed by atoms with E-state index < -0.39 is 29.2 Å². The number of halogens is 1. The topological polar surface area (TPSA) is 106 Å². The van der Waals surface area contributed by atoms with Crippen LogP contribution in [0.15, 0.2) is 39.7 Å². The first-order valence-corrected chi connectivity index (χ1v) is 8.03. The maximum atomic E-state index is 12.3. The molecule has 2 aromatic rings. The molecular weight excluding hydrogens is 394 g/mol. The fraction of sp³-hybridized carbons (Fsp3) is 0.235. The SMILES string of the molecule is COC(=O)C[C@H](c1cccc(Br)c1)c1c(O)c(C(=O)OC)c[nH]c1=O. The molecule has 132 valence electrons. The zero-order valence-electron chi connectivity index (χ0n) is 13.5. The molecule has 0 amide bonds. The molecular formula is C17H16BrNO6. The summed E-state index contributed by atoms with van der Waals surface area (Å²) in [6.07, 6.45) is 0.886. The average molecular weight is 410 g/mol. The van der Waals surface area contributed by atoms with Crippen molar-refractivity contribution in [3.05, 3.63) is 62.0 Å². The quantitative estimate of drug-likeness (QED) is 0.733. The van der Waals surface area contributed by atoms with Gasteiger partial charge in [-0.3, -0.25) is 9.59 Å². The highest BCUT2D eigenvalue weighted by Crippen LogP contribution is 2.34. The van der Waals surface area contributed by atoms with Gasteiger partial charge in [0, 0.05) is 16.6 Å². The number of carbonyl (C=O) groups excluding carboxylic acids is 2. The van der Waals surface area contributed by atoms with Gasteiger partial charge < -0.3 is 19.6 Å². The number of esters is 2. The van der Waals surface area contributed by atoms with E-state index in [1.807, 2.05) is 0 Å². The number of aromatic nitrogens is 1. The Morgan fingerprint density at radius 3 is 2.60 bits per heavy atom. The summed E-state index contributed by atoms with van der Waals surface area (Å²) in [7, 11) is 2.39. The van der Waals surface area contributed by atoms with E-state index >= 15 is 0 Å². The minimum Gasteiger partial charge on any atom is -0.506 e. The van der Waals surface area contributed by atoms with Crippen LogP contribution in [0.5, 0.6) is 5.75 Å². The Morgan fingerprint density at radius 1 is 1.28 bits per heavy atom. The Hall–Kier alpha value is -2.61. The van der Waals surface area contributed by atoms with Gasteiger partial charge >= 0.3 is 11.9 Å². The highest BCUT2D eigenvalue weighted by molar-refractivity contribution is 9.10. The molecule has 0 aliphatic carbocycles. The number of aromatic hydroxyl groups is 1. The number of nitrogens with one attached hydrogen (secondary N) is 1. The Bertz CT molecular complexity index is 860. The van der Waals surface area contributed by atoms with Gasteiger partial charge in [0.05, 0.1) is 26.2 Å². The Balaban J connectivity index is 2.67. The maximum absolute atomic E-state index is 12.3. The first kappa shape index (κ1) is 18.7. The maximum Gasteiger partial charge on any atom is 0.343 e. The lowest BCUT2D eigenvalue weighted by atomic mass is 9.88. The van der Waals surface area contributed by atoms with Crippen LogP contribution in [0.1, 0.15) is 33.8 Å². The molecule has 0 saturated carbocycles. The van der Waals surface area contributed by atoms with E-state index in [9.17, 15) is 19.5 Å². The highest BCUT2D eigenvalue weighted by Gasteiger charge is 2.28. The highest BCUT2D eigenvalue weighted by atomic mass is 79.9. The third kappa shape index (κ3) is 4.08. The molecule has 0 aliphatic heterocycles. The lowest BCUT2D eigenvalue weighted by Gasteiger charge is -2.18. The summed E-state index contributed by atoms with van der Waals surface area (Å²) in [5.74, 6) is -2.70. The van der Waals surface area contributed by atoms with Gasteiger partial charge in [-0.05, 0) is 17.7 Å². The van der Waals surface area contributed by atoms with Gasteiger partial charge in [-0.25, -0.2) is 4.79 Å². The molecule has 0 saturated heterocycles. The second-order valence-corrected chi connectivity index (χ2v) is 6.09. The predicted molar refractivity (Wildman–Crippen MR) is 92.7 cm³/mol. The van der Waals surface area contributed by atoms with Crippen LogP contribution < -0.4 is 5.56 Å². The minimum absolute atomic E-state index is 0.105. The van der Waals surface area contributed by atoms with Gasteiger partial charge in [-0.1, -0.05) is 28.1 Å². The third-order valence-corrected chi connectivity index (χ3v) is 4.20. The predicted octanol–water partition coefficient (Wildman–Crippen LogP) is 2.32. The van der Waals surface area contributed by atoms with E-state index in [1.54, 1.807) is 24.3 Å². The molecule has 0 unspecified atom stereocenters. The van der Waals surface area contributed by atoms with Crippen molar-refractivity contribution in [2.75, 3.05) is 14.2 Å². The number of rotatable bonds is 5. The summed E-state index contributed by atoms with van der Waals surface area (Å²) >= 11 is 3.33. The van der Waals surface area contributed by atoms with Crippen molar-refractivity contribution in [3.63, 3.8) is 0 Å². The van der Waals surface area contributed by atoms with E-state index in [0.29, 0.717) is 5.56 Å². The lowest BCUT2D eigenvalue weighted by molar-refractivity contribution is -0.140. The number of carbonyl (C=O) groups is 2. The molecule has 0 aliphatic rings. The molecule has 2 N–H and O–H groups in total. The van der Waals surface area contributed by atoms with Crippen LogP contribution in [-0.2, 0) is 14.3 Å². The molecule has 7 nitrogen and oxygen atoms in total. The van der Waals surface area contributed by atoms with Crippen LogP contribution in [0, 0.1) is 0 Å². The summed E-state index contributed by atoms with van der Waals surface area (Å²) in [6.45, 7) is 0. The molecule has 0 spiro atoms. The van der Waals surface area contributed by atoms with E-state index in [-0.39, 0.29) is 17.5 Å². The zero-order valence-corrected chi connectivity index (χ0v) is 15.1. The van der Waals surface area contributed by atoms with Crippen LogP contribution in [0.25, 0.3) is 0 Å². The van der Waals surface area contributed by atoms with Gasteiger partial charge in [0.15, 0.2) is 0 Å². The smallest absolute Gasteiger partial charge is 0.343 e. The Labute approximate surface area is 151 Å². The van der Waals surface area contributed by atoms with E-state index in [4.69, 9.17) is 4.74 Å². The van der Waals surface area contributed by atoms with Crippen molar-refractivity contribution in [2.45, 2.75) is 12.3 Å². The number of hydrogen-bond donors (Lipinski definition) is 2. The molecule has 1 aromatic heterocycles. The van der Waals surface area contributed by atoms with Crippen LogP contribution in [0.2, 0.25) is 0 Å². The number of methoxy groups -OCH3 is 2. The standard InChI is InChI=1S/C17H16BrNO6/c1-24-13(20)7-11(9-4-3-5-10(18)6-9)14-15(21)12(17(23)25-2)8-19-16(14)22/h3-6,8,11H,7H2,1-2H3,(H2,19,21,22)/t11-/m1/s1. The fourth-order valence-corrected chi connectivity index (χ4v) is 2.90. The number of H-pyrrole nitrogens is 1. The molecule has 0 bridgehead atoms. The van der Waals surface area contributed by atoms with E-state index in [2.05, 4.69) is 25.7 Å². The number of ether oxygens (including phenoxy) is 2. The van der Waals surface area contributed by atoms with Gasteiger partial charge in [-0.2, -0.15) is 0 Å². The Kier molecular flexibility index (Phi) is 5.97. The summed E-state index contributed by atoms with van der Waals surface area (Å²) in [6, 6.07) is 6.95. The summed E-state index contributed by atoms with van der Waals surface area (Å²) in [5, 5.41) is 10.5. The molecule has 8 heteroatoms. The van der Waals surface area contributed by atoms with Crippen LogP contribution >= 0.6 is 15.9 Å². The first-order chi connectivity index (χ1) is 11.9. The van der Waals surface area contributed by atoms with Crippen molar-refractivity contribution in [2.24, 2.45) is 0 Å². The third-order valence-electron chi connectivity index (χ3n) is 3.71. The molecule has 0 fully saturated rings. The summed E-state index contributed by atoms with van der Waals surface area (Å²) < 4.78 is 10.0. The second kappa shape index (κ2) is 7.98. The van der Waals surface area contributed by atoms with Crippen LogP contribution in [0.4, 0.5) is 0 Å². The monoisotopic (exact) mass is 409 g/mol. The molecule has 25 heavy (non-hydrogen) atoms. The number of benzene rings is 1. The molecule has 1 aromatic carbocycles. The van der Waals surface area contributed by atoms with Gasteiger partial charge in [0.2, 0.25) is 0 Å². The summed E-state index contributed by atoms with van der Waals surface area (Å²) in [5.41, 5.74) is -0.310. The molecule has 1 atom stereocenters. The largest absolute Gasteiger partial charge is 0.506 e. The normalized spacial score (nSPS) is 11.6. The second-order valence-electron chi connectivity index (χ2n) is 5.17. The van der Waals surface area contributed by atoms with Crippen molar-refractivity contribution in [1.82, 2.24) is 4.98 Å². The fourth-order valence-electron chi connectivity index (χ4n) is 2.49. The minimum atomic E-state index is -0.807. The average Bonchev–Trinajstić information content (AvgIpc) is 2.60.